The standard InChI is InChI=1S/C14H18N2O4S/c1-11-5-2-3-6-12(11)9-13-15-14(20-16-13)10-21(18,19)8-4-7-17/h2-3,5-6,17H,4,7-10H2,1H3. The lowest BCUT2D eigenvalue weighted by atomic mass is 10.1. The molecule has 2 rings (SSSR count). The van der Waals surface area contributed by atoms with Gasteiger partial charge in [-0.1, -0.05) is 29.4 Å². The van der Waals surface area contributed by atoms with E-state index in [0.717, 1.165) is 11.1 Å². The summed E-state index contributed by atoms with van der Waals surface area (Å²) in [6.45, 7) is 1.84. The van der Waals surface area contributed by atoms with Crippen LogP contribution in [0.2, 0.25) is 0 Å². The van der Waals surface area contributed by atoms with E-state index in [1.165, 1.54) is 0 Å². The highest BCUT2D eigenvalue weighted by Crippen LogP contribution is 2.13. The molecule has 21 heavy (non-hydrogen) atoms. The maximum absolute atomic E-state index is 11.7. The molecule has 0 radical (unpaired) electrons. The molecular weight excluding hydrogens is 292 g/mol. The first-order chi connectivity index (χ1) is 10.00. The SMILES string of the molecule is Cc1ccccc1Cc1noc(CS(=O)(=O)CCCO)n1. The Bertz CT molecular complexity index is 695. The van der Waals surface area contributed by atoms with E-state index in [9.17, 15) is 8.42 Å². The van der Waals surface area contributed by atoms with Crippen LogP contribution < -0.4 is 0 Å². The Balaban J connectivity index is 2.03. The molecule has 0 fully saturated rings. The minimum Gasteiger partial charge on any atom is -0.396 e. The largest absolute Gasteiger partial charge is 0.396 e. The number of aryl methyl sites for hydroxylation is 1. The number of aliphatic hydroxyl groups excluding tert-OH is 1. The average molecular weight is 310 g/mol. The summed E-state index contributed by atoms with van der Waals surface area (Å²) in [5.74, 6) is 0.195. The fourth-order valence-electron chi connectivity index (χ4n) is 1.94. The van der Waals surface area contributed by atoms with Gasteiger partial charge in [-0.15, -0.1) is 0 Å². The van der Waals surface area contributed by atoms with Crippen LogP contribution in [0.3, 0.4) is 0 Å². The lowest BCUT2D eigenvalue weighted by Gasteiger charge is -2.01. The van der Waals surface area contributed by atoms with Crippen LogP contribution >= 0.6 is 0 Å². The Morgan fingerprint density at radius 2 is 2.05 bits per heavy atom. The van der Waals surface area contributed by atoms with Gasteiger partial charge in [-0.3, -0.25) is 0 Å². The summed E-state index contributed by atoms with van der Waals surface area (Å²) < 4.78 is 28.5. The summed E-state index contributed by atoms with van der Waals surface area (Å²) in [6.07, 6.45) is 0.722. The highest BCUT2D eigenvalue weighted by Gasteiger charge is 2.17. The monoisotopic (exact) mass is 310 g/mol. The fourth-order valence-corrected chi connectivity index (χ4v) is 3.15. The molecule has 0 saturated heterocycles. The molecule has 1 N–H and O–H groups in total. The van der Waals surface area contributed by atoms with Gasteiger partial charge in [0.05, 0.1) is 5.75 Å². The van der Waals surface area contributed by atoms with Crippen molar-refractivity contribution in [3.63, 3.8) is 0 Å². The second kappa shape index (κ2) is 6.82. The number of hydrogen-bond acceptors (Lipinski definition) is 6. The molecule has 6 nitrogen and oxygen atoms in total. The number of rotatable bonds is 7. The van der Waals surface area contributed by atoms with Gasteiger partial charge in [-0.25, -0.2) is 8.42 Å². The Morgan fingerprint density at radius 1 is 1.29 bits per heavy atom. The smallest absolute Gasteiger partial charge is 0.241 e. The van der Waals surface area contributed by atoms with Crippen LogP contribution in [0.4, 0.5) is 0 Å². The van der Waals surface area contributed by atoms with Crippen molar-refractivity contribution in [1.82, 2.24) is 10.1 Å². The normalized spacial score (nSPS) is 11.7. The molecule has 1 aromatic heterocycles. The second-order valence-corrected chi connectivity index (χ2v) is 7.06. The molecule has 0 aliphatic heterocycles. The molecule has 1 aromatic carbocycles. The molecule has 0 atom stereocenters. The number of sulfone groups is 1. The van der Waals surface area contributed by atoms with E-state index >= 15 is 0 Å². The summed E-state index contributed by atoms with van der Waals surface area (Å²) in [5, 5.41) is 12.5. The van der Waals surface area contributed by atoms with E-state index < -0.39 is 9.84 Å². The number of aromatic nitrogens is 2. The molecule has 0 unspecified atom stereocenters. The van der Waals surface area contributed by atoms with E-state index in [1.54, 1.807) is 0 Å². The van der Waals surface area contributed by atoms with Gasteiger partial charge in [0, 0.05) is 13.0 Å². The Hall–Kier alpha value is -1.73. The van der Waals surface area contributed by atoms with Crippen molar-refractivity contribution in [3.05, 3.63) is 47.1 Å². The summed E-state index contributed by atoms with van der Waals surface area (Å²) >= 11 is 0. The topological polar surface area (TPSA) is 93.3 Å². The lowest BCUT2D eigenvalue weighted by molar-refractivity contribution is 0.295. The van der Waals surface area contributed by atoms with Crippen LogP contribution in [0, 0.1) is 6.92 Å². The fraction of sp³-hybridized carbons (Fsp3) is 0.429. The molecule has 0 spiro atoms. The van der Waals surface area contributed by atoms with E-state index in [-0.39, 0.29) is 30.4 Å². The Kier molecular flexibility index (Phi) is 5.08. The van der Waals surface area contributed by atoms with Crippen molar-refractivity contribution >= 4 is 9.84 Å². The molecule has 0 saturated carbocycles. The molecule has 7 heteroatoms. The quantitative estimate of drug-likeness (QED) is 0.827. The first-order valence-corrected chi connectivity index (χ1v) is 8.49. The number of nitrogens with zero attached hydrogens (tertiary/aromatic N) is 2. The molecule has 114 valence electrons. The van der Waals surface area contributed by atoms with Gasteiger partial charge < -0.3 is 9.63 Å². The summed E-state index contributed by atoms with van der Waals surface area (Å²) in [7, 11) is -3.32. The van der Waals surface area contributed by atoms with Crippen molar-refractivity contribution in [2.24, 2.45) is 0 Å². The average Bonchev–Trinajstić information content (AvgIpc) is 2.86. The predicted molar refractivity (Wildman–Crippen MR) is 77.5 cm³/mol. The minimum absolute atomic E-state index is 0.0843. The molecule has 1 heterocycles. The van der Waals surface area contributed by atoms with Crippen LogP contribution in [0.5, 0.6) is 0 Å². The predicted octanol–water partition coefficient (Wildman–Crippen LogP) is 1.27. The number of hydrogen-bond donors (Lipinski definition) is 1. The molecule has 2 aromatic rings. The van der Waals surface area contributed by atoms with Gasteiger partial charge in [-0.2, -0.15) is 4.98 Å². The summed E-state index contributed by atoms with van der Waals surface area (Å²) in [5.41, 5.74) is 2.20. The molecule has 0 aliphatic rings. The van der Waals surface area contributed by atoms with E-state index in [2.05, 4.69) is 10.1 Å². The van der Waals surface area contributed by atoms with Crippen LogP contribution in [-0.4, -0.2) is 36.0 Å². The van der Waals surface area contributed by atoms with Crippen molar-refractivity contribution in [2.75, 3.05) is 12.4 Å². The molecular formula is C14H18N2O4S. The van der Waals surface area contributed by atoms with E-state index in [1.807, 2.05) is 31.2 Å². The molecule has 0 aliphatic carbocycles. The lowest BCUT2D eigenvalue weighted by Crippen LogP contribution is -2.10. The van der Waals surface area contributed by atoms with Gasteiger partial charge in [0.1, 0.15) is 5.75 Å². The van der Waals surface area contributed by atoms with Crippen molar-refractivity contribution in [2.45, 2.75) is 25.5 Å². The maximum atomic E-state index is 11.7. The first-order valence-electron chi connectivity index (χ1n) is 6.67. The van der Waals surface area contributed by atoms with Crippen molar-refractivity contribution in [1.29, 1.82) is 0 Å². The van der Waals surface area contributed by atoms with Crippen molar-refractivity contribution in [3.8, 4) is 0 Å². The second-order valence-electron chi connectivity index (χ2n) is 4.88. The number of aliphatic hydroxyl groups is 1. The summed E-state index contributed by atoms with van der Waals surface area (Å²) in [4.78, 5) is 4.12. The number of benzene rings is 1. The highest BCUT2D eigenvalue weighted by molar-refractivity contribution is 7.90. The summed E-state index contributed by atoms with van der Waals surface area (Å²) in [6, 6.07) is 7.86. The zero-order valence-electron chi connectivity index (χ0n) is 11.8. The molecule has 0 bridgehead atoms. The van der Waals surface area contributed by atoms with Gasteiger partial charge in [0.2, 0.25) is 5.89 Å². The third-order valence-electron chi connectivity index (χ3n) is 3.08. The van der Waals surface area contributed by atoms with Crippen LogP contribution in [0.25, 0.3) is 0 Å². The van der Waals surface area contributed by atoms with Gasteiger partial charge in [0.25, 0.3) is 0 Å². The minimum atomic E-state index is -3.32. The van der Waals surface area contributed by atoms with Gasteiger partial charge in [0.15, 0.2) is 15.7 Å². The maximum Gasteiger partial charge on any atom is 0.241 e. The van der Waals surface area contributed by atoms with E-state index in [4.69, 9.17) is 9.63 Å². The first kappa shape index (κ1) is 15.7. The highest BCUT2D eigenvalue weighted by atomic mass is 32.2. The van der Waals surface area contributed by atoms with Crippen LogP contribution in [0.15, 0.2) is 28.8 Å². The zero-order chi connectivity index (χ0) is 15.3. The zero-order valence-corrected chi connectivity index (χ0v) is 12.6. The van der Waals surface area contributed by atoms with E-state index in [0.29, 0.717) is 12.2 Å². The Labute approximate surface area is 123 Å². The molecule has 0 amide bonds. The third-order valence-corrected chi connectivity index (χ3v) is 4.67. The Morgan fingerprint density at radius 3 is 2.76 bits per heavy atom. The van der Waals surface area contributed by atoms with Crippen LogP contribution in [0.1, 0.15) is 29.3 Å². The van der Waals surface area contributed by atoms with Gasteiger partial charge in [-0.05, 0) is 24.5 Å². The van der Waals surface area contributed by atoms with Crippen LogP contribution in [-0.2, 0) is 22.0 Å². The van der Waals surface area contributed by atoms with Crippen molar-refractivity contribution < 1.29 is 18.0 Å². The third kappa shape index (κ3) is 4.64. The van der Waals surface area contributed by atoms with Gasteiger partial charge >= 0.3 is 0 Å².